The Kier molecular flexibility index (Phi) is 7.52. The molecular formula is C22H22N4O6. The number of carbonyl (C=O) groups is 3. The number of para-hydroxylation sites is 2. The third kappa shape index (κ3) is 6.14. The van der Waals surface area contributed by atoms with Crippen molar-refractivity contribution >= 4 is 40.7 Å². The van der Waals surface area contributed by atoms with E-state index in [-0.39, 0.29) is 18.0 Å². The molecule has 0 spiro atoms. The van der Waals surface area contributed by atoms with Gasteiger partial charge >= 0.3 is 17.9 Å². The topological polar surface area (TPSA) is 128 Å². The lowest BCUT2D eigenvalue weighted by molar-refractivity contribution is -0.164. The van der Waals surface area contributed by atoms with E-state index in [4.69, 9.17) is 14.2 Å². The van der Waals surface area contributed by atoms with Gasteiger partial charge in [-0.05, 0) is 24.3 Å². The summed E-state index contributed by atoms with van der Waals surface area (Å²) in [5, 5.41) is 8.44. The third-order valence-corrected chi connectivity index (χ3v) is 4.20. The number of esters is 3. The fourth-order valence-electron chi connectivity index (χ4n) is 2.80. The molecule has 166 valence electrons. The van der Waals surface area contributed by atoms with Gasteiger partial charge in [0.05, 0.1) is 11.4 Å². The second-order valence-corrected chi connectivity index (χ2v) is 6.69. The van der Waals surface area contributed by atoms with Crippen LogP contribution in [0, 0.1) is 0 Å². The lowest BCUT2D eigenvalue weighted by atomic mass is 10.1. The first-order valence-electron chi connectivity index (χ1n) is 9.73. The number of hydrogen-bond donors (Lipinski definition) is 2. The molecule has 1 aliphatic heterocycles. The molecule has 0 radical (unpaired) electrons. The lowest BCUT2D eigenvalue weighted by Crippen LogP contribution is -2.40. The highest BCUT2D eigenvalue weighted by molar-refractivity contribution is 6.69. The van der Waals surface area contributed by atoms with Crippen LogP contribution in [-0.2, 0) is 28.6 Å². The monoisotopic (exact) mass is 438 g/mol. The fraction of sp³-hybridized carbons (Fsp3) is 0.227. The molecule has 0 bridgehead atoms. The van der Waals surface area contributed by atoms with Gasteiger partial charge < -0.3 is 14.2 Å². The molecule has 2 atom stereocenters. The first kappa shape index (κ1) is 22.5. The van der Waals surface area contributed by atoms with Crippen LogP contribution in [0.4, 0.5) is 11.4 Å². The minimum absolute atomic E-state index is 0.0840. The van der Waals surface area contributed by atoms with Crippen molar-refractivity contribution in [3.63, 3.8) is 0 Å². The zero-order valence-corrected chi connectivity index (χ0v) is 17.5. The maximum atomic E-state index is 12.6. The molecule has 2 aromatic carbocycles. The number of hydrogen-bond acceptors (Lipinski definition) is 10. The molecule has 0 aliphatic carbocycles. The van der Waals surface area contributed by atoms with Gasteiger partial charge in [0.1, 0.15) is 12.3 Å². The van der Waals surface area contributed by atoms with Gasteiger partial charge in [-0.3, -0.25) is 20.4 Å². The van der Waals surface area contributed by atoms with Gasteiger partial charge in [0, 0.05) is 13.8 Å². The molecular weight excluding hydrogens is 416 g/mol. The summed E-state index contributed by atoms with van der Waals surface area (Å²) in [5.74, 6) is -1.99. The van der Waals surface area contributed by atoms with E-state index < -0.39 is 30.1 Å². The molecule has 2 N–H and O–H groups in total. The van der Waals surface area contributed by atoms with Crippen molar-refractivity contribution in [2.45, 2.75) is 26.1 Å². The number of benzene rings is 2. The Hall–Kier alpha value is -4.21. The van der Waals surface area contributed by atoms with E-state index in [2.05, 4.69) is 21.1 Å². The molecule has 10 nitrogen and oxygen atoms in total. The van der Waals surface area contributed by atoms with Crippen molar-refractivity contribution in [3.8, 4) is 0 Å². The molecule has 10 heteroatoms. The SMILES string of the molecule is CC(=O)OC[C@H](OC(C)=O)C1OC(=O)C(=N\Nc2ccccc2)/C1=N/Nc1ccccc1. The van der Waals surface area contributed by atoms with Gasteiger partial charge in [-0.25, -0.2) is 4.79 Å². The number of rotatable bonds is 8. The Morgan fingerprint density at radius 1 is 0.938 bits per heavy atom. The van der Waals surface area contributed by atoms with Crippen LogP contribution in [-0.4, -0.2) is 48.1 Å². The van der Waals surface area contributed by atoms with Crippen molar-refractivity contribution in [3.05, 3.63) is 60.7 Å². The predicted molar refractivity (Wildman–Crippen MR) is 117 cm³/mol. The van der Waals surface area contributed by atoms with Crippen molar-refractivity contribution < 1.29 is 28.6 Å². The zero-order valence-electron chi connectivity index (χ0n) is 17.5. The van der Waals surface area contributed by atoms with Crippen LogP contribution in [0.25, 0.3) is 0 Å². The normalized spacial score (nSPS) is 18.7. The molecule has 0 aromatic heterocycles. The largest absolute Gasteiger partial charge is 0.462 e. The Balaban J connectivity index is 1.93. The number of nitrogens with zero attached hydrogens (tertiary/aromatic N) is 2. The molecule has 1 unspecified atom stereocenters. The Morgan fingerprint density at radius 3 is 2.03 bits per heavy atom. The van der Waals surface area contributed by atoms with E-state index in [1.165, 1.54) is 13.8 Å². The second kappa shape index (κ2) is 10.7. The van der Waals surface area contributed by atoms with Gasteiger partial charge in [-0.15, -0.1) is 0 Å². The molecule has 1 aliphatic rings. The van der Waals surface area contributed by atoms with Gasteiger partial charge in [-0.2, -0.15) is 10.2 Å². The molecule has 2 aromatic rings. The maximum absolute atomic E-state index is 12.6. The van der Waals surface area contributed by atoms with E-state index in [1.807, 2.05) is 24.3 Å². The van der Waals surface area contributed by atoms with E-state index in [9.17, 15) is 14.4 Å². The summed E-state index contributed by atoms with van der Waals surface area (Å²) < 4.78 is 15.6. The van der Waals surface area contributed by atoms with Crippen LogP contribution in [0.3, 0.4) is 0 Å². The first-order chi connectivity index (χ1) is 15.4. The van der Waals surface area contributed by atoms with Gasteiger partial charge in [-0.1, -0.05) is 36.4 Å². The number of anilines is 2. The molecule has 1 fully saturated rings. The highest BCUT2D eigenvalue weighted by atomic mass is 16.6. The highest BCUT2D eigenvalue weighted by Gasteiger charge is 2.45. The standard InChI is InChI=1S/C22H22N4O6/c1-14(27)30-13-18(31-15(2)28)21-19(25-23-16-9-5-3-6-10-16)20(22(29)32-21)26-24-17-11-7-4-8-12-17/h3-12,18,21,23-24H,13H2,1-2H3/b25-19-,26-20-/t18-,21?/m0/s1. The number of cyclic esters (lactones) is 1. The number of hydrazone groups is 2. The summed E-state index contributed by atoms with van der Waals surface area (Å²) in [7, 11) is 0. The summed E-state index contributed by atoms with van der Waals surface area (Å²) in [6.45, 7) is 2.09. The summed E-state index contributed by atoms with van der Waals surface area (Å²) >= 11 is 0. The average Bonchev–Trinajstić information content (AvgIpc) is 3.10. The summed E-state index contributed by atoms with van der Waals surface area (Å²) in [6.07, 6.45) is -2.25. The minimum Gasteiger partial charge on any atom is -0.462 e. The van der Waals surface area contributed by atoms with Crippen LogP contribution < -0.4 is 10.9 Å². The fourth-order valence-corrected chi connectivity index (χ4v) is 2.80. The molecule has 0 saturated carbocycles. The van der Waals surface area contributed by atoms with Crippen LogP contribution >= 0.6 is 0 Å². The smallest absolute Gasteiger partial charge is 0.361 e. The second-order valence-electron chi connectivity index (χ2n) is 6.69. The number of ether oxygens (including phenoxy) is 3. The summed E-state index contributed by atoms with van der Waals surface area (Å²) in [5.41, 5.74) is 6.89. The first-order valence-corrected chi connectivity index (χ1v) is 9.73. The van der Waals surface area contributed by atoms with E-state index in [1.54, 1.807) is 36.4 Å². The highest BCUT2D eigenvalue weighted by Crippen LogP contribution is 2.19. The summed E-state index contributed by atoms with van der Waals surface area (Å²) in [4.78, 5) is 35.5. The van der Waals surface area contributed by atoms with Crippen molar-refractivity contribution in [1.29, 1.82) is 0 Å². The average molecular weight is 438 g/mol. The number of carbonyl (C=O) groups excluding carboxylic acids is 3. The Morgan fingerprint density at radius 2 is 1.50 bits per heavy atom. The molecule has 1 heterocycles. The Bertz CT molecular complexity index is 1020. The quantitative estimate of drug-likeness (QED) is 0.365. The van der Waals surface area contributed by atoms with Gasteiger partial charge in [0.15, 0.2) is 17.9 Å². The zero-order chi connectivity index (χ0) is 22.9. The Labute approximate surface area is 184 Å². The van der Waals surface area contributed by atoms with Crippen LogP contribution in [0.1, 0.15) is 13.8 Å². The van der Waals surface area contributed by atoms with Crippen molar-refractivity contribution in [1.82, 2.24) is 0 Å². The molecule has 32 heavy (non-hydrogen) atoms. The molecule has 1 saturated heterocycles. The predicted octanol–water partition coefficient (Wildman–Crippen LogP) is 2.34. The van der Waals surface area contributed by atoms with E-state index >= 15 is 0 Å². The van der Waals surface area contributed by atoms with Gasteiger partial charge in [0.25, 0.3) is 0 Å². The molecule has 3 rings (SSSR count). The number of nitrogens with one attached hydrogen (secondary N) is 2. The van der Waals surface area contributed by atoms with Crippen molar-refractivity contribution in [2.75, 3.05) is 17.5 Å². The maximum Gasteiger partial charge on any atom is 0.361 e. The lowest BCUT2D eigenvalue weighted by Gasteiger charge is -2.21. The van der Waals surface area contributed by atoms with E-state index in [0.717, 1.165) is 0 Å². The molecule has 0 amide bonds. The summed E-state index contributed by atoms with van der Waals surface area (Å²) in [6, 6.07) is 18.0. The van der Waals surface area contributed by atoms with Gasteiger partial charge in [0.2, 0.25) is 0 Å². The van der Waals surface area contributed by atoms with E-state index in [0.29, 0.717) is 11.4 Å². The third-order valence-electron chi connectivity index (χ3n) is 4.20. The minimum atomic E-state index is -1.14. The van der Waals surface area contributed by atoms with Crippen LogP contribution in [0.5, 0.6) is 0 Å². The van der Waals surface area contributed by atoms with Crippen molar-refractivity contribution in [2.24, 2.45) is 10.2 Å². The van der Waals surface area contributed by atoms with Crippen LogP contribution in [0.15, 0.2) is 70.9 Å². The van der Waals surface area contributed by atoms with Crippen LogP contribution in [0.2, 0.25) is 0 Å².